The zero-order valence-corrected chi connectivity index (χ0v) is 15.1. The lowest BCUT2D eigenvalue weighted by Crippen LogP contribution is -2.46. The van der Waals surface area contributed by atoms with Crippen molar-refractivity contribution < 1.29 is 18.8 Å². The molecule has 0 saturated heterocycles. The molecule has 1 aliphatic heterocycles. The predicted molar refractivity (Wildman–Crippen MR) is 101 cm³/mol. The first kappa shape index (κ1) is 17.1. The molecule has 0 spiro atoms. The summed E-state index contributed by atoms with van der Waals surface area (Å²) in [5, 5.41) is 2.99. The first-order chi connectivity index (χ1) is 13.2. The Labute approximate surface area is 158 Å². The van der Waals surface area contributed by atoms with E-state index in [1.165, 1.54) is 0 Å². The molecular weight excluding hydrogens is 340 g/mol. The summed E-state index contributed by atoms with van der Waals surface area (Å²) in [5.41, 5.74) is 3.18. The molecular formula is C22H21N2O3+. The van der Waals surface area contributed by atoms with Crippen molar-refractivity contribution in [3.8, 4) is 22.6 Å². The topological polar surface area (TPSA) is 51.4 Å². The lowest BCUT2D eigenvalue weighted by Gasteiger charge is -2.10. The molecule has 5 heteroatoms. The largest absolute Gasteiger partial charge is 0.454 e. The summed E-state index contributed by atoms with van der Waals surface area (Å²) < 4.78 is 12.6. The summed E-state index contributed by atoms with van der Waals surface area (Å²) in [4.78, 5) is 12.6. The number of benzene rings is 2. The summed E-state index contributed by atoms with van der Waals surface area (Å²) in [7, 11) is 0. The van der Waals surface area contributed by atoms with Gasteiger partial charge in [0.2, 0.25) is 12.8 Å². The van der Waals surface area contributed by atoms with Gasteiger partial charge in [-0.25, -0.2) is 0 Å². The zero-order valence-electron chi connectivity index (χ0n) is 15.1. The molecule has 0 unspecified atom stereocenters. The highest BCUT2D eigenvalue weighted by Crippen LogP contribution is 2.32. The zero-order chi connectivity index (χ0) is 18.6. The third-order valence-corrected chi connectivity index (χ3v) is 4.66. The normalized spacial score (nSPS) is 13.2. The van der Waals surface area contributed by atoms with Gasteiger partial charge in [-0.05, 0) is 29.3 Å². The molecule has 1 aromatic heterocycles. The number of nitrogens with one attached hydrogen (secondary N) is 1. The molecule has 0 bridgehead atoms. The number of fused-ring (bicyclic) bond motifs is 1. The number of hydrogen-bond acceptors (Lipinski definition) is 3. The fraction of sp³-hybridized carbons (Fsp3) is 0.182. The number of amides is 1. The fourth-order valence-corrected chi connectivity index (χ4v) is 3.06. The van der Waals surface area contributed by atoms with Gasteiger partial charge in [0.1, 0.15) is 0 Å². The van der Waals surface area contributed by atoms with Crippen LogP contribution in [0.25, 0.3) is 11.1 Å². The van der Waals surface area contributed by atoms with E-state index in [1.807, 2.05) is 72.4 Å². The molecule has 1 amide bonds. The van der Waals surface area contributed by atoms with E-state index in [0.717, 1.165) is 28.2 Å². The van der Waals surface area contributed by atoms with Crippen LogP contribution in [0.1, 0.15) is 18.5 Å². The van der Waals surface area contributed by atoms with E-state index in [1.54, 1.807) is 0 Å². The molecule has 136 valence electrons. The lowest BCUT2D eigenvalue weighted by molar-refractivity contribution is -0.705. The highest BCUT2D eigenvalue weighted by Gasteiger charge is 2.22. The van der Waals surface area contributed by atoms with Crippen LogP contribution in [0.3, 0.4) is 0 Å². The van der Waals surface area contributed by atoms with Gasteiger partial charge in [-0.15, -0.1) is 0 Å². The lowest BCUT2D eigenvalue weighted by atomic mass is 10.1. The van der Waals surface area contributed by atoms with E-state index < -0.39 is 0 Å². The smallest absolute Gasteiger partial charge is 0.289 e. The Hall–Kier alpha value is -3.34. The van der Waals surface area contributed by atoms with Crippen LogP contribution in [-0.4, -0.2) is 12.7 Å². The Morgan fingerprint density at radius 1 is 1.04 bits per heavy atom. The third kappa shape index (κ3) is 3.77. The average Bonchev–Trinajstić information content (AvgIpc) is 3.20. The van der Waals surface area contributed by atoms with Crippen molar-refractivity contribution in [2.45, 2.75) is 19.5 Å². The Balaban J connectivity index is 1.43. The summed E-state index contributed by atoms with van der Waals surface area (Å²) in [5.74, 6) is 1.43. The average molecular weight is 361 g/mol. The van der Waals surface area contributed by atoms with Crippen molar-refractivity contribution >= 4 is 5.91 Å². The standard InChI is InChI=1S/C22H20N2O3/c1-16(24-11-5-8-19(14-24)18-6-3-2-4-7-18)22(25)23-13-17-9-10-20-21(12-17)27-15-26-20/h2-12,14,16H,13,15H2,1H3/p+1/t16-/m0/s1. The van der Waals surface area contributed by atoms with E-state index in [9.17, 15) is 4.79 Å². The van der Waals surface area contributed by atoms with Gasteiger partial charge in [-0.3, -0.25) is 4.79 Å². The maximum Gasteiger partial charge on any atom is 0.289 e. The molecule has 1 aliphatic rings. The van der Waals surface area contributed by atoms with Gasteiger partial charge >= 0.3 is 0 Å². The molecule has 5 nitrogen and oxygen atoms in total. The van der Waals surface area contributed by atoms with Crippen molar-refractivity contribution in [1.82, 2.24) is 5.32 Å². The Morgan fingerprint density at radius 2 is 1.81 bits per heavy atom. The number of hydrogen-bond donors (Lipinski definition) is 1. The molecule has 2 aromatic carbocycles. The number of ether oxygens (including phenoxy) is 2. The molecule has 1 atom stereocenters. The van der Waals surface area contributed by atoms with E-state index in [0.29, 0.717) is 6.54 Å². The van der Waals surface area contributed by atoms with Crippen LogP contribution < -0.4 is 19.4 Å². The Bertz CT molecular complexity index is 957. The number of carbonyl (C=O) groups excluding carboxylic acids is 1. The van der Waals surface area contributed by atoms with Crippen LogP contribution in [0.4, 0.5) is 0 Å². The number of aromatic nitrogens is 1. The molecule has 1 N–H and O–H groups in total. The van der Waals surface area contributed by atoms with E-state index in [2.05, 4.69) is 17.4 Å². The van der Waals surface area contributed by atoms with Crippen molar-refractivity contribution in [2.24, 2.45) is 0 Å². The maximum absolute atomic E-state index is 12.6. The monoisotopic (exact) mass is 361 g/mol. The van der Waals surface area contributed by atoms with E-state index in [4.69, 9.17) is 9.47 Å². The minimum absolute atomic E-state index is 0.0390. The van der Waals surface area contributed by atoms with Crippen LogP contribution >= 0.6 is 0 Å². The molecule has 0 radical (unpaired) electrons. The summed E-state index contributed by atoms with van der Waals surface area (Å²) in [6.45, 7) is 2.58. The molecule has 0 saturated carbocycles. The van der Waals surface area contributed by atoms with Crippen LogP contribution in [0.15, 0.2) is 73.1 Å². The second-order valence-electron chi connectivity index (χ2n) is 6.49. The van der Waals surface area contributed by atoms with Crippen molar-refractivity contribution in [3.63, 3.8) is 0 Å². The molecule has 3 aromatic rings. The first-order valence-electron chi connectivity index (χ1n) is 8.93. The molecule has 27 heavy (non-hydrogen) atoms. The summed E-state index contributed by atoms with van der Waals surface area (Å²) in [6, 6.07) is 19.5. The number of carbonyl (C=O) groups is 1. The van der Waals surface area contributed by atoms with Gasteiger partial charge < -0.3 is 14.8 Å². The van der Waals surface area contributed by atoms with Crippen LogP contribution in [0.5, 0.6) is 11.5 Å². The van der Waals surface area contributed by atoms with Crippen LogP contribution in [0.2, 0.25) is 0 Å². The summed E-state index contributed by atoms with van der Waals surface area (Å²) >= 11 is 0. The van der Waals surface area contributed by atoms with Crippen molar-refractivity contribution in [2.75, 3.05) is 6.79 Å². The summed E-state index contributed by atoms with van der Waals surface area (Å²) in [6.07, 6.45) is 3.91. The predicted octanol–water partition coefficient (Wildman–Crippen LogP) is 3.25. The first-order valence-corrected chi connectivity index (χ1v) is 8.93. The van der Waals surface area contributed by atoms with Crippen molar-refractivity contribution in [1.29, 1.82) is 0 Å². The van der Waals surface area contributed by atoms with E-state index >= 15 is 0 Å². The van der Waals surface area contributed by atoms with Gasteiger partial charge in [0.05, 0.1) is 0 Å². The van der Waals surface area contributed by atoms with Crippen molar-refractivity contribution in [3.05, 3.63) is 78.6 Å². The second-order valence-corrected chi connectivity index (χ2v) is 6.49. The number of nitrogens with zero attached hydrogens (tertiary/aromatic N) is 1. The van der Waals surface area contributed by atoms with Gasteiger partial charge in [-0.1, -0.05) is 36.4 Å². The molecule has 4 rings (SSSR count). The number of rotatable bonds is 5. The van der Waals surface area contributed by atoms with Crippen LogP contribution in [-0.2, 0) is 11.3 Å². The fourth-order valence-electron chi connectivity index (χ4n) is 3.06. The third-order valence-electron chi connectivity index (χ3n) is 4.66. The van der Waals surface area contributed by atoms with Gasteiger partial charge in [0.15, 0.2) is 23.9 Å². The SMILES string of the molecule is C[C@@H](C(=O)NCc1ccc2c(c1)OCO2)[n+]1cccc(-c2ccccc2)c1. The highest BCUT2D eigenvalue weighted by atomic mass is 16.7. The second kappa shape index (κ2) is 7.50. The van der Waals surface area contributed by atoms with Gasteiger partial charge in [0, 0.05) is 25.1 Å². The quantitative estimate of drug-likeness (QED) is 0.710. The van der Waals surface area contributed by atoms with E-state index in [-0.39, 0.29) is 18.7 Å². The molecule has 0 fully saturated rings. The Morgan fingerprint density at radius 3 is 2.67 bits per heavy atom. The molecule has 2 heterocycles. The highest BCUT2D eigenvalue weighted by molar-refractivity contribution is 5.78. The minimum Gasteiger partial charge on any atom is -0.454 e. The van der Waals surface area contributed by atoms with Gasteiger partial charge in [-0.2, -0.15) is 4.57 Å². The number of pyridine rings is 1. The molecule has 0 aliphatic carbocycles. The minimum atomic E-state index is -0.317. The Kier molecular flexibility index (Phi) is 4.75. The maximum atomic E-state index is 12.6. The van der Waals surface area contributed by atoms with Crippen LogP contribution in [0, 0.1) is 0 Å². The van der Waals surface area contributed by atoms with Gasteiger partial charge in [0.25, 0.3) is 5.91 Å².